The Morgan fingerprint density at radius 3 is 2.54 bits per heavy atom. The van der Waals surface area contributed by atoms with Gasteiger partial charge in [-0.3, -0.25) is 5.43 Å². The fourth-order valence-corrected chi connectivity index (χ4v) is 1.18. The highest BCUT2D eigenvalue weighted by atomic mass is 32.2. The molecule has 0 aromatic heterocycles. The highest BCUT2D eigenvalue weighted by molar-refractivity contribution is 7.62. The average Bonchev–Trinajstić information content (AvgIpc) is 2.04. The molecular formula is C5H10N4O3S. The van der Waals surface area contributed by atoms with E-state index in [0.717, 1.165) is 13.1 Å². The number of rotatable bonds is 1. The fourth-order valence-electron chi connectivity index (χ4n) is 1.00. The van der Waals surface area contributed by atoms with E-state index in [0.29, 0.717) is 13.1 Å². The van der Waals surface area contributed by atoms with Crippen LogP contribution in [0.3, 0.4) is 0 Å². The van der Waals surface area contributed by atoms with Crippen LogP contribution in [-0.2, 0) is 10.5 Å². The van der Waals surface area contributed by atoms with E-state index in [-0.39, 0.29) is 0 Å². The molecule has 0 unspecified atom stereocenters. The lowest BCUT2D eigenvalue weighted by Crippen LogP contribution is -2.51. The number of carbonyl (C=O) groups excluding carboxylic acids is 1. The Kier molecular flexibility index (Phi) is 3.80. The van der Waals surface area contributed by atoms with E-state index in [2.05, 4.69) is 15.1 Å². The Bertz CT molecular complexity index is 298. The minimum Gasteiger partial charge on any atom is -0.314 e. The lowest BCUT2D eigenvalue weighted by molar-refractivity contribution is 0.168. The number of carbonyl (C=O) groups is 1. The van der Waals surface area contributed by atoms with Gasteiger partial charge in [-0.1, -0.05) is 4.36 Å². The second kappa shape index (κ2) is 4.90. The van der Waals surface area contributed by atoms with Gasteiger partial charge in [-0.2, -0.15) is 8.42 Å². The largest absolute Gasteiger partial charge is 0.370 e. The standard InChI is InChI=1S/C5H10N4O3S/c10-5(8-13(11)12)7-9-3-1-6-2-4-9/h6H,1-4H2,(H,7,10). The molecule has 0 aliphatic carbocycles. The van der Waals surface area contributed by atoms with Crippen molar-refractivity contribution in [2.45, 2.75) is 0 Å². The van der Waals surface area contributed by atoms with Crippen LogP contribution in [0, 0.1) is 0 Å². The smallest absolute Gasteiger partial charge is 0.314 e. The van der Waals surface area contributed by atoms with Crippen LogP contribution in [0.25, 0.3) is 0 Å². The molecule has 13 heavy (non-hydrogen) atoms. The van der Waals surface area contributed by atoms with Crippen molar-refractivity contribution in [3.05, 3.63) is 0 Å². The summed E-state index contributed by atoms with van der Waals surface area (Å²) in [5.74, 6) is 0. The minimum atomic E-state index is -2.68. The highest BCUT2D eigenvalue weighted by Crippen LogP contribution is 1.87. The zero-order valence-electron chi connectivity index (χ0n) is 6.86. The zero-order valence-corrected chi connectivity index (χ0v) is 7.67. The van der Waals surface area contributed by atoms with E-state index in [4.69, 9.17) is 0 Å². The molecule has 1 fully saturated rings. The predicted octanol–water partition coefficient (Wildman–Crippen LogP) is -1.42. The van der Waals surface area contributed by atoms with E-state index in [1.807, 2.05) is 0 Å². The second-order valence-corrected chi connectivity index (χ2v) is 3.08. The number of hydrazine groups is 1. The predicted molar refractivity (Wildman–Crippen MR) is 44.3 cm³/mol. The van der Waals surface area contributed by atoms with Gasteiger partial charge >= 0.3 is 16.5 Å². The summed E-state index contributed by atoms with van der Waals surface area (Å²) >= 11 is 0. The Labute approximate surface area is 76.8 Å². The molecule has 0 aromatic rings. The van der Waals surface area contributed by atoms with Crippen molar-refractivity contribution in [1.29, 1.82) is 0 Å². The Balaban J connectivity index is 2.39. The summed E-state index contributed by atoms with van der Waals surface area (Å²) in [5, 5.41) is 4.70. The van der Waals surface area contributed by atoms with Crippen molar-refractivity contribution < 1.29 is 13.2 Å². The summed E-state index contributed by atoms with van der Waals surface area (Å²) in [4.78, 5) is 10.8. The lowest BCUT2D eigenvalue weighted by Gasteiger charge is -2.26. The molecule has 7 nitrogen and oxygen atoms in total. The Hall–Kier alpha value is -0.990. The van der Waals surface area contributed by atoms with E-state index in [9.17, 15) is 13.2 Å². The van der Waals surface area contributed by atoms with Gasteiger partial charge in [0.15, 0.2) is 0 Å². The molecule has 1 saturated heterocycles. The van der Waals surface area contributed by atoms with E-state index >= 15 is 0 Å². The van der Waals surface area contributed by atoms with Crippen molar-refractivity contribution in [2.75, 3.05) is 26.2 Å². The molecule has 0 aromatic carbocycles. The normalized spacial score (nSPS) is 17.8. The van der Waals surface area contributed by atoms with Gasteiger partial charge in [0.1, 0.15) is 0 Å². The van der Waals surface area contributed by atoms with Gasteiger partial charge in [0.2, 0.25) is 0 Å². The van der Waals surface area contributed by atoms with Gasteiger partial charge in [-0.15, -0.1) is 0 Å². The first kappa shape index (κ1) is 10.1. The molecule has 1 aliphatic heterocycles. The van der Waals surface area contributed by atoms with Crippen molar-refractivity contribution in [3.63, 3.8) is 0 Å². The molecular weight excluding hydrogens is 196 g/mol. The maximum Gasteiger partial charge on any atom is 0.370 e. The highest BCUT2D eigenvalue weighted by Gasteiger charge is 2.11. The number of amides is 2. The van der Waals surface area contributed by atoms with Crippen LogP contribution in [0.5, 0.6) is 0 Å². The molecule has 0 spiro atoms. The molecule has 8 heteroatoms. The van der Waals surface area contributed by atoms with Crippen molar-refractivity contribution >= 4 is 16.5 Å². The molecule has 2 amide bonds. The molecule has 0 bridgehead atoms. The van der Waals surface area contributed by atoms with Crippen LogP contribution in [0.1, 0.15) is 0 Å². The molecule has 0 radical (unpaired) electrons. The maximum atomic E-state index is 10.8. The van der Waals surface area contributed by atoms with Crippen LogP contribution < -0.4 is 10.7 Å². The summed E-state index contributed by atoms with van der Waals surface area (Å²) < 4.78 is 22.8. The van der Waals surface area contributed by atoms with E-state index in [1.165, 1.54) is 0 Å². The third-order valence-corrected chi connectivity index (χ3v) is 1.84. The molecule has 74 valence electrons. The molecule has 1 heterocycles. The molecule has 1 aliphatic rings. The van der Waals surface area contributed by atoms with Gasteiger partial charge in [-0.25, -0.2) is 9.80 Å². The first-order valence-corrected chi connectivity index (χ1v) is 4.79. The third kappa shape index (κ3) is 3.97. The topological polar surface area (TPSA) is 90.9 Å². The van der Waals surface area contributed by atoms with Gasteiger partial charge in [0.25, 0.3) is 0 Å². The average molecular weight is 206 g/mol. The molecule has 2 N–H and O–H groups in total. The summed E-state index contributed by atoms with van der Waals surface area (Å²) in [7, 11) is -2.68. The number of hydrogen-bond donors (Lipinski definition) is 2. The van der Waals surface area contributed by atoms with Crippen LogP contribution in [0.2, 0.25) is 0 Å². The zero-order chi connectivity index (χ0) is 9.68. The lowest BCUT2D eigenvalue weighted by atomic mass is 10.4. The van der Waals surface area contributed by atoms with E-state index in [1.54, 1.807) is 5.01 Å². The number of urea groups is 1. The maximum absolute atomic E-state index is 10.8. The van der Waals surface area contributed by atoms with Crippen LogP contribution in [0.4, 0.5) is 4.79 Å². The quantitative estimate of drug-likeness (QED) is 0.549. The van der Waals surface area contributed by atoms with Crippen LogP contribution in [-0.4, -0.2) is 45.6 Å². The Morgan fingerprint density at radius 2 is 2.00 bits per heavy atom. The van der Waals surface area contributed by atoms with Gasteiger partial charge in [-0.05, 0) is 0 Å². The molecule has 0 atom stereocenters. The van der Waals surface area contributed by atoms with Crippen LogP contribution >= 0.6 is 0 Å². The van der Waals surface area contributed by atoms with Gasteiger partial charge in [0, 0.05) is 26.2 Å². The number of nitrogens with zero attached hydrogens (tertiary/aromatic N) is 2. The second-order valence-electron chi connectivity index (χ2n) is 2.46. The molecule has 1 rings (SSSR count). The van der Waals surface area contributed by atoms with E-state index < -0.39 is 16.5 Å². The van der Waals surface area contributed by atoms with Gasteiger partial charge < -0.3 is 5.32 Å². The summed E-state index contributed by atoms with van der Waals surface area (Å²) in [5.41, 5.74) is 2.34. The molecule has 0 saturated carbocycles. The number of piperazine rings is 1. The SMILES string of the molecule is O=C(N=S(=O)=O)NN1CCNCC1. The first-order valence-electron chi connectivity index (χ1n) is 3.76. The minimum absolute atomic E-state index is 0.646. The summed E-state index contributed by atoms with van der Waals surface area (Å²) in [6.07, 6.45) is 0. The fraction of sp³-hybridized carbons (Fsp3) is 0.800. The van der Waals surface area contributed by atoms with Gasteiger partial charge in [0.05, 0.1) is 0 Å². The van der Waals surface area contributed by atoms with Crippen molar-refractivity contribution in [1.82, 2.24) is 15.8 Å². The van der Waals surface area contributed by atoms with Crippen molar-refractivity contribution in [3.8, 4) is 0 Å². The monoisotopic (exact) mass is 206 g/mol. The summed E-state index contributed by atoms with van der Waals surface area (Å²) in [6.45, 7) is 2.82. The van der Waals surface area contributed by atoms with Crippen LogP contribution in [0.15, 0.2) is 4.36 Å². The number of hydrogen-bond acceptors (Lipinski definition) is 5. The Morgan fingerprint density at radius 1 is 1.38 bits per heavy atom. The van der Waals surface area contributed by atoms with Crippen molar-refractivity contribution in [2.24, 2.45) is 4.36 Å². The summed E-state index contributed by atoms with van der Waals surface area (Å²) in [6, 6.07) is -0.852. The third-order valence-electron chi connectivity index (χ3n) is 1.53. The number of nitrogens with one attached hydrogen (secondary N) is 2. The first-order chi connectivity index (χ1) is 6.18.